The summed E-state index contributed by atoms with van der Waals surface area (Å²) < 4.78 is 85.0. The molecule has 0 radical (unpaired) electrons. The molecular weight excluding hydrogens is 472 g/mol. The summed E-state index contributed by atoms with van der Waals surface area (Å²) >= 11 is 0. The first kappa shape index (κ1) is 19.3. The predicted molar refractivity (Wildman–Crippen MR) is 117 cm³/mol. The minimum Gasteiger partial charge on any atom is -0.479 e. The number of anilines is 1. The van der Waals surface area contributed by atoms with E-state index in [2.05, 4.69) is 25.7 Å². The highest BCUT2D eigenvalue weighted by atomic mass is 19.3. The van der Waals surface area contributed by atoms with Crippen LogP contribution in [0.25, 0.3) is 27.7 Å². The Morgan fingerprint density at radius 3 is 2.91 bits per heavy atom. The van der Waals surface area contributed by atoms with Gasteiger partial charge in [-0.2, -0.15) is 4.98 Å². The second-order valence-corrected chi connectivity index (χ2v) is 8.09. The van der Waals surface area contributed by atoms with E-state index in [-0.39, 0.29) is 18.0 Å². The number of hydrogen-bond donors (Lipinski definition) is 1. The van der Waals surface area contributed by atoms with Crippen molar-refractivity contribution in [1.29, 1.82) is 0 Å². The molecule has 184 valence electrons. The molecule has 0 saturated carbocycles. The Morgan fingerprint density at radius 1 is 1.37 bits per heavy atom. The van der Waals surface area contributed by atoms with Gasteiger partial charge in [0, 0.05) is 25.2 Å². The van der Waals surface area contributed by atoms with E-state index < -0.39 is 50.3 Å². The Kier molecular flexibility index (Phi) is 4.62. The van der Waals surface area contributed by atoms with Crippen molar-refractivity contribution in [3.05, 3.63) is 30.5 Å². The summed E-state index contributed by atoms with van der Waals surface area (Å²) in [5, 5.41) is 14.3. The monoisotopic (exact) mass is 495 g/mol. The maximum atomic E-state index is 14.5. The van der Waals surface area contributed by atoms with E-state index in [0.717, 1.165) is 9.58 Å². The SMILES string of the molecule is [2H]C([2H])([2H])Oc1nc(N[C@@H]2CN(C(C)=O)CC2(F)F)nn2ccc(-c3ccc4nnn(CC(F)F)c4c3)c12. The standard InChI is InChI=1S/C21H20F4N8O2/c1-11(34)31-8-16(21(24,25)10-31)26-20-27-19(35-2)18-13(5-6-32(18)29-20)12-3-4-14-15(7-12)33(30-28-14)9-17(22)23/h3-7,16-17H,8-10H2,1-2H3,(H,26,29)/t16-/m1/s1/i2D3. The number of amides is 1. The normalized spacial score (nSPS) is 19.2. The van der Waals surface area contributed by atoms with Crippen molar-refractivity contribution in [2.24, 2.45) is 0 Å². The van der Waals surface area contributed by atoms with Crippen LogP contribution in [0.15, 0.2) is 30.5 Å². The van der Waals surface area contributed by atoms with Crippen LogP contribution < -0.4 is 10.1 Å². The number of carbonyl (C=O) groups is 1. The molecule has 10 nitrogen and oxygen atoms in total. The Bertz CT molecular complexity index is 1520. The van der Waals surface area contributed by atoms with Gasteiger partial charge in [-0.3, -0.25) is 4.79 Å². The van der Waals surface area contributed by atoms with E-state index in [1.165, 1.54) is 17.6 Å². The number of hydrogen-bond acceptors (Lipinski definition) is 7. The number of alkyl halides is 4. The number of benzene rings is 1. The molecule has 1 N–H and O–H groups in total. The van der Waals surface area contributed by atoms with Gasteiger partial charge in [0.05, 0.1) is 23.2 Å². The van der Waals surface area contributed by atoms with Crippen molar-refractivity contribution in [3.63, 3.8) is 0 Å². The van der Waals surface area contributed by atoms with Crippen molar-refractivity contribution in [2.45, 2.75) is 31.9 Å². The average Bonchev–Trinajstić information content (AvgIpc) is 3.48. The molecule has 14 heteroatoms. The van der Waals surface area contributed by atoms with Gasteiger partial charge in [-0.15, -0.1) is 10.2 Å². The second kappa shape index (κ2) is 8.36. The smallest absolute Gasteiger partial charge is 0.286 e. The van der Waals surface area contributed by atoms with E-state index in [4.69, 9.17) is 8.85 Å². The van der Waals surface area contributed by atoms with Crippen molar-refractivity contribution in [2.75, 3.05) is 25.4 Å². The van der Waals surface area contributed by atoms with Gasteiger partial charge in [-0.05, 0) is 23.8 Å². The van der Waals surface area contributed by atoms with E-state index in [9.17, 15) is 22.4 Å². The van der Waals surface area contributed by atoms with Crippen LogP contribution in [0.5, 0.6) is 5.88 Å². The van der Waals surface area contributed by atoms with Gasteiger partial charge in [0.1, 0.15) is 23.6 Å². The topological polar surface area (TPSA) is 102 Å². The molecule has 0 bridgehead atoms. The molecule has 0 aliphatic carbocycles. The molecule has 4 heterocycles. The fourth-order valence-corrected chi connectivity index (χ4v) is 4.09. The summed E-state index contributed by atoms with van der Waals surface area (Å²) in [5.41, 5.74) is 1.64. The van der Waals surface area contributed by atoms with Crippen molar-refractivity contribution in [3.8, 4) is 17.0 Å². The fourth-order valence-electron chi connectivity index (χ4n) is 4.09. The van der Waals surface area contributed by atoms with Crippen LogP contribution in [0.2, 0.25) is 0 Å². The molecule has 1 aromatic carbocycles. The largest absolute Gasteiger partial charge is 0.479 e. The van der Waals surface area contributed by atoms with Crippen LogP contribution in [-0.2, 0) is 11.3 Å². The van der Waals surface area contributed by atoms with Crippen LogP contribution in [-0.4, -0.2) is 78.9 Å². The molecule has 4 aromatic rings. The first-order valence-electron chi connectivity index (χ1n) is 11.9. The van der Waals surface area contributed by atoms with Gasteiger partial charge in [-0.25, -0.2) is 26.8 Å². The second-order valence-electron chi connectivity index (χ2n) is 8.09. The van der Waals surface area contributed by atoms with Crippen LogP contribution >= 0.6 is 0 Å². The van der Waals surface area contributed by atoms with E-state index >= 15 is 0 Å². The Balaban J connectivity index is 1.57. The number of nitrogens with one attached hydrogen (secondary N) is 1. The number of rotatable bonds is 6. The fraction of sp³-hybridized carbons (Fsp3) is 0.381. The van der Waals surface area contributed by atoms with Gasteiger partial charge in [0.2, 0.25) is 17.7 Å². The molecule has 5 rings (SSSR count). The molecular formula is C21H20F4N8O2. The minimum atomic E-state index is -3.29. The zero-order valence-electron chi connectivity index (χ0n) is 21.1. The van der Waals surface area contributed by atoms with Gasteiger partial charge < -0.3 is 15.0 Å². The molecule has 1 saturated heterocycles. The Morgan fingerprint density at radius 2 is 2.20 bits per heavy atom. The maximum absolute atomic E-state index is 14.5. The maximum Gasteiger partial charge on any atom is 0.286 e. The lowest BCUT2D eigenvalue weighted by Crippen LogP contribution is -2.38. The highest BCUT2D eigenvalue weighted by molar-refractivity contribution is 5.89. The minimum absolute atomic E-state index is 0.0995. The predicted octanol–water partition coefficient (Wildman–Crippen LogP) is 2.69. The van der Waals surface area contributed by atoms with Gasteiger partial charge >= 0.3 is 0 Å². The van der Waals surface area contributed by atoms with E-state index in [0.29, 0.717) is 22.2 Å². The molecule has 3 aromatic heterocycles. The lowest BCUT2D eigenvalue weighted by atomic mass is 10.1. The van der Waals surface area contributed by atoms with Crippen molar-refractivity contribution in [1.82, 2.24) is 34.5 Å². The zero-order valence-corrected chi connectivity index (χ0v) is 18.1. The number of carbonyl (C=O) groups excluding carboxylic acids is 1. The number of halogens is 4. The first-order chi connectivity index (χ1) is 17.8. The van der Waals surface area contributed by atoms with Gasteiger partial charge in [0.25, 0.3) is 12.3 Å². The molecule has 1 atom stereocenters. The van der Waals surface area contributed by atoms with Crippen molar-refractivity contribution >= 4 is 28.4 Å². The van der Waals surface area contributed by atoms with E-state index in [1.807, 2.05) is 0 Å². The van der Waals surface area contributed by atoms with E-state index in [1.54, 1.807) is 24.3 Å². The number of likely N-dealkylation sites (tertiary alicyclic amines) is 1. The third-order valence-electron chi connectivity index (χ3n) is 5.77. The molecule has 1 aliphatic heterocycles. The molecule has 1 amide bonds. The lowest BCUT2D eigenvalue weighted by Gasteiger charge is -2.19. The van der Waals surface area contributed by atoms with Crippen LogP contribution in [0.4, 0.5) is 23.5 Å². The van der Waals surface area contributed by atoms with Gasteiger partial charge in [0.15, 0.2) is 0 Å². The van der Waals surface area contributed by atoms with Gasteiger partial charge in [-0.1, -0.05) is 11.3 Å². The summed E-state index contributed by atoms with van der Waals surface area (Å²) in [6, 6.07) is 4.77. The number of methoxy groups -OCH3 is 1. The number of aromatic nitrogens is 6. The summed E-state index contributed by atoms with van der Waals surface area (Å²) in [6.07, 6.45) is -1.22. The summed E-state index contributed by atoms with van der Waals surface area (Å²) in [4.78, 5) is 16.6. The number of fused-ring (bicyclic) bond motifs is 2. The van der Waals surface area contributed by atoms with Crippen LogP contribution in [0, 0.1) is 0 Å². The Labute approximate surface area is 199 Å². The quantitative estimate of drug-likeness (QED) is 0.411. The molecule has 0 spiro atoms. The number of ether oxygens (including phenoxy) is 1. The van der Waals surface area contributed by atoms with Crippen LogP contribution in [0.1, 0.15) is 11.0 Å². The average molecular weight is 495 g/mol. The lowest BCUT2D eigenvalue weighted by molar-refractivity contribution is -0.129. The highest BCUT2D eigenvalue weighted by Crippen LogP contribution is 2.34. The summed E-state index contributed by atoms with van der Waals surface area (Å²) in [5.74, 6) is -4.58. The zero-order chi connectivity index (χ0) is 27.4. The highest BCUT2D eigenvalue weighted by Gasteiger charge is 2.49. The number of nitrogens with zero attached hydrogens (tertiary/aromatic N) is 7. The summed E-state index contributed by atoms with van der Waals surface area (Å²) in [7, 11) is -2.94. The Hall–Kier alpha value is -3.97. The van der Waals surface area contributed by atoms with Crippen LogP contribution in [0.3, 0.4) is 0 Å². The molecule has 1 fully saturated rings. The third-order valence-corrected chi connectivity index (χ3v) is 5.77. The molecule has 0 unspecified atom stereocenters. The molecule has 35 heavy (non-hydrogen) atoms. The van der Waals surface area contributed by atoms with Crippen molar-refractivity contribution < 1.29 is 31.2 Å². The molecule has 1 aliphatic rings. The summed E-state index contributed by atoms with van der Waals surface area (Å²) in [6.45, 7) is -0.585. The first-order valence-corrected chi connectivity index (χ1v) is 10.4. The third kappa shape index (κ3) is 4.08.